The second-order valence-corrected chi connectivity index (χ2v) is 7.58. The summed E-state index contributed by atoms with van der Waals surface area (Å²) in [4.78, 5) is 0. The zero-order valence-electron chi connectivity index (χ0n) is 13.5. The van der Waals surface area contributed by atoms with Crippen molar-refractivity contribution in [2.75, 3.05) is 7.11 Å². The van der Waals surface area contributed by atoms with E-state index in [4.69, 9.17) is 10.5 Å². The molecule has 0 aliphatic heterocycles. The molecule has 0 aromatic heterocycles. The van der Waals surface area contributed by atoms with E-state index in [0.29, 0.717) is 0 Å². The molecule has 108 valence electrons. The van der Waals surface area contributed by atoms with Gasteiger partial charge in [0, 0.05) is 11.6 Å². The summed E-state index contributed by atoms with van der Waals surface area (Å²) in [5, 5.41) is 0. The lowest BCUT2D eigenvalue weighted by atomic mass is 9.82. The molecule has 1 unspecified atom stereocenters. The molecule has 2 nitrogen and oxygen atoms in total. The monoisotopic (exact) mass is 263 g/mol. The molecule has 0 saturated carbocycles. The summed E-state index contributed by atoms with van der Waals surface area (Å²) < 4.78 is 5.47. The van der Waals surface area contributed by atoms with Gasteiger partial charge in [-0.2, -0.15) is 0 Å². The highest BCUT2D eigenvalue weighted by atomic mass is 16.5. The molecule has 0 heterocycles. The minimum atomic E-state index is 0.0113. The third-order valence-electron chi connectivity index (χ3n) is 3.33. The van der Waals surface area contributed by atoms with Gasteiger partial charge in [0.05, 0.1) is 7.11 Å². The van der Waals surface area contributed by atoms with Gasteiger partial charge in [-0.3, -0.25) is 0 Å². The van der Waals surface area contributed by atoms with Crippen molar-refractivity contribution in [3.63, 3.8) is 0 Å². The van der Waals surface area contributed by atoms with E-state index >= 15 is 0 Å². The molecule has 0 saturated heterocycles. The molecule has 2 N–H and O–H groups in total. The van der Waals surface area contributed by atoms with Crippen LogP contribution in [0.25, 0.3) is 0 Å². The Morgan fingerprint density at radius 1 is 1.11 bits per heavy atom. The fourth-order valence-electron chi connectivity index (χ4n) is 2.26. The molecule has 19 heavy (non-hydrogen) atoms. The average Bonchev–Trinajstić information content (AvgIpc) is 2.24. The number of hydrogen-bond acceptors (Lipinski definition) is 2. The van der Waals surface area contributed by atoms with Crippen LogP contribution in [0.5, 0.6) is 5.75 Å². The predicted octanol–water partition coefficient (Wildman–Crippen LogP) is 4.43. The summed E-state index contributed by atoms with van der Waals surface area (Å²) in [5.41, 5.74) is 9.14. The summed E-state index contributed by atoms with van der Waals surface area (Å²) in [7, 11) is 1.71. The van der Waals surface area contributed by atoms with Gasteiger partial charge in [0.25, 0.3) is 0 Å². The van der Waals surface area contributed by atoms with E-state index in [1.165, 1.54) is 5.56 Å². The van der Waals surface area contributed by atoms with Gasteiger partial charge in [-0.15, -0.1) is 0 Å². The maximum Gasteiger partial charge on any atom is 0.123 e. The van der Waals surface area contributed by atoms with Crippen LogP contribution in [0.3, 0.4) is 0 Å². The van der Waals surface area contributed by atoms with E-state index in [0.717, 1.165) is 17.7 Å². The van der Waals surface area contributed by atoms with Crippen LogP contribution in [0.1, 0.15) is 65.1 Å². The summed E-state index contributed by atoms with van der Waals surface area (Å²) >= 11 is 0. The summed E-state index contributed by atoms with van der Waals surface area (Å²) in [6.45, 7) is 13.3. The average molecular weight is 263 g/mol. The summed E-state index contributed by atoms with van der Waals surface area (Å²) in [6, 6.07) is 6.39. The van der Waals surface area contributed by atoms with E-state index in [1.54, 1.807) is 7.11 Å². The van der Waals surface area contributed by atoms with Crippen LogP contribution in [0, 0.1) is 5.41 Å². The largest absolute Gasteiger partial charge is 0.496 e. The maximum absolute atomic E-state index is 6.39. The van der Waals surface area contributed by atoms with Crippen molar-refractivity contribution in [1.29, 1.82) is 0 Å². The first-order chi connectivity index (χ1) is 8.54. The molecule has 0 radical (unpaired) electrons. The fraction of sp³-hybridized carbons (Fsp3) is 0.647. The summed E-state index contributed by atoms with van der Waals surface area (Å²) in [6.07, 6.45) is 0.941. The fourth-order valence-corrected chi connectivity index (χ4v) is 2.26. The normalized spacial score (nSPS) is 14.3. The molecule has 0 amide bonds. The maximum atomic E-state index is 6.39. The van der Waals surface area contributed by atoms with Gasteiger partial charge in [-0.25, -0.2) is 0 Å². The van der Waals surface area contributed by atoms with E-state index in [1.807, 2.05) is 6.07 Å². The zero-order chi connectivity index (χ0) is 14.8. The van der Waals surface area contributed by atoms with Crippen molar-refractivity contribution in [3.8, 4) is 5.75 Å². The van der Waals surface area contributed by atoms with E-state index < -0.39 is 0 Å². The summed E-state index contributed by atoms with van der Waals surface area (Å²) in [5.74, 6) is 0.893. The second kappa shape index (κ2) is 5.54. The van der Waals surface area contributed by atoms with Crippen LogP contribution in [-0.4, -0.2) is 7.11 Å². The molecular formula is C17H29NO. The first-order valence-electron chi connectivity index (χ1n) is 6.98. The van der Waals surface area contributed by atoms with E-state index in [2.05, 4.69) is 53.7 Å². The van der Waals surface area contributed by atoms with Crippen LogP contribution in [-0.2, 0) is 5.41 Å². The van der Waals surface area contributed by atoms with Crippen molar-refractivity contribution in [2.24, 2.45) is 11.1 Å². The van der Waals surface area contributed by atoms with Crippen molar-refractivity contribution in [1.82, 2.24) is 0 Å². The van der Waals surface area contributed by atoms with Crippen LogP contribution in [0.4, 0.5) is 0 Å². The Morgan fingerprint density at radius 3 is 2.11 bits per heavy atom. The Morgan fingerprint density at radius 2 is 1.68 bits per heavy atom. The lowest BCUT2D eigenvalue weighted by Crippen LogP contribution is -2.20. The highest BCUT2D eigenvalue weighted by Gasteiger charge is 2.22. The predicted molar refractivity (Wildman–Crippen MR) is 82.7 cm³/mol. The SMILES string of the molecule is COc1ccc(C(C)(C)C)cc1C(N)CC(C)(C)C. The van der Waals surface area contributed by atoms with Gasteiger partial charge in [0.2, 0.25) is 0 Å². The first-order valence-corrected chi connectivity index (χ1v) is 6.98. The lowest BCUT2D eigenvalue weighted by molar-refractivity contribution is 0.334. The Kier molecular flexibility index (Phi) is 4.67. The van der Waals surface area contributed by atoms with Crippen molar-refractivity contribution < 1.29 is 4.74 Å². The number of rotatable bonds is 3. The number of methoxy groups -OCH3 is 1. The molecule has 0 fully saturated rings. The molecule has 0 spiro atoms. The molecule has 1 aromatic carbocycles. The van der Waals surface area contributed by atoms with Crippen molar-refractivity contribution >= 4 is 0 Å². The molecule has 0 aliphatic rings. The van der Waals surface area contributed by atoms with E-state index in [-0.39, 0.29) is 16.9 Å². The minimum Gasteiger partial charge on any atom is -0.496 e. The highest BCUT2D eigenvalue weighted by Crippen LogP contribution is 2.35. The third kappa shape index (κ3) is 4.54. The Balaban J connectivity index is 3.16. The number of nitrogens with two attached hydrogens (primary N) is 1. The Hall–Kier alpha value is -1.02. The van der Waals surface area contributed by atoms with Crippen LogP contribution in [0.15, 0.2) is 18.2 Å². The second-order valence-electron chi connectivity index (χ2n) is 7.58. The molecular weight excluding hydrogens is 234 g/mol. The topological polar surface area (TPSA) is 35.2 Å². The molecule has 0 aliphatic carbocycles. The van der Waals surface area contributed by atoms with Gasteiger partial charge in [0.15, 0.2) is 0 Å². The Bertz CT molecular complexity index is 424. The highest BCUT2D eigenvalue weighted by molar-refractivity contribution is 5.41. The molecule has 1 rings (SSSR count). The molecule has 1 atom stereocenters. The number of benzene rings is 1. The minimum absolute atomic E-state index is 0.0113. The number of ether oxygens (including phenoxy) is 1. The van der Waals surface area contributed by atoms with Gasteiger partial charge in [-0.1, -0.05) is 53.7 Å². The Labute approximate surface area is 118 Å². The van der Waals surface area contributed by atoms with Gasteiger partial charge in [0.1, 0.15) is 5.75 Å². The van der Waals surface area contributed by atoms with Crippen molar-refractivity contribution in [2.45, 2.75) is 59.4 Å². The number of hydrogen-bond donors (Lipinski definition) is 1. The van der Waals surface area contributed by atoms with E-state index in [9.17, 15) is 0 Å². The quantitative estimate of drug-likeness (QED) is 0.875. The smallest absolute Gasteiger partial charge is 0.123 e. The van der Waals surface area contributed by atoms with Crippen molar-refractivity contribution in [3.05, 3.63) is 29.3 Å². The van der Waals surface area contributed by atoms with Gasteiger partial charge < -0.3 is 10.5 Å². The third-order valence-corrected chi connectivity index (χ3v) is 3.33. The lowest BCUT2D eigenvalue weighted by Gasteiger charge is -2.27. The van der Waals surface area contributed by atoms with Crippen LogP contribution in [0.2, 0.25) is 0 Å². The molecule has 0 bridgehead atoms. The first kappa shape index (κ1) is 16.0. The van der Waals surface area contributed by atoms with Crippen LogP contribution < -0.4 is 10.5 Å². The van der Waals surface area contributed by atoms with Gasteiger partial charge >= 0.3 is 0 Å². The zero-order valence-corrected chi connectivity index (χ0v) is 13.5. The molecule has 2 heteroatoms. The molecule has 1 aromatic rings. The standard InChI is InChI=1S/C17H29NO/c1-16(2,3)11-14(18)13-10-12(17(4,5)6)8-9-15(13)19-7/h8-10,14H,11,18H2,1-7H3. The van der Waals surface area contributed by atoms with Gasteiger partial charge in [-0.05, 0) is 28.9 Å². The van der Waals surface area contributed by atoms with Crippen LogP contribution >= 0.6 is 0 Å².